The van der Waals surface area contributed by atoms with E-state index in [-0.39, 0.29) is 48.2 Å². The Morgan fingerprint density at radius 1 is 1.13 bits per heavy atom. The highest BCUT2D eigenvalue weighted by Gasteiger charge is 2.32. The molecule has 1 heterocycles. The summed E-state index contributed by atoms with van der Waals surface area (Å²) in [6.45, 7) is 4.48. The fourth-order valence-electron chi connectivity index (χ4n) is 3.48. The minimum atomic E-state index is -3.74. The molecule has 2 aromatic rings. The molecule has 3 rings (SSSR count). The van der Waals surface area contributed by atoms with Gasteiger partial charge in [-0.25, -0.2) is 8.42 Å². The Hall–Kier alpha value is -1.64. The molecular weight excluding hydrogens is 447 g/mol. The first-order chi connectivity index (χ1) is 14.1. The van der Waals surface area contributed by atoms with Gasteiger partial charge in [0.2, 0.25) is 10.0 Å². The van der Waals surface area contributed by atoms with E-state index in [1.807, 2.05) is 13.8 Å². The normalized spacial score (nSPS) is 20.2. The van der Waals surface area contributed by atoms with Crippen molar-refractivity contribution >= 4 is 39.1 Å². The van der Waals surface area contributed by atoms with E-state index in [2.05, 4.69) is 0 Å². The summed E-state index contributed by atoms with van der Waals surface area (Å²) >= 11 is 12.3. The van der Waals surface area contributed by atoms with Crippen LogP contribution in [0.15, 0.2) is 47.4 Å². The highest BCUT2D eigenvalue weighted by atomic mass is 35.5. The van der Waals surface area contributed by atoms with E-state index in [9.17, 15) is 13.2 Å². The second-order valence-corrected chi connectivity index (χ2v) is 10.2. The second-order valence-electron chi connectivity index (χ2n) is 7.48. The lowest BCUT2D eigenvalue weighted by Crippen LogP contribution is -2.48. The molecule has 6 nitrogen and oxygen atoms in total. The van der Waals surface area contributed by atoms with Crippen LogP contribution in [-0.2, 0) is 21.3 Å². The molecule has 1 saturated heterocycles. The van der Waals surface area contributed by atoms with Gasteiger partial charge in [-0.15, -0.1) is 0 Å². The minimum absolute atomic E-state index is 0.0869. The summed E-state index contributed by atoms with van der Waals surface area (Å²) in [5.74, 6) is -0.313. The molecule has 162 valence electrons. The zero-order valence-electron chi connectivity index (χ0n) is 17.0. The molecule has 0 N–H and O–H groups in total. The minimum Gasteiger partial charge on any atom is -0.373 e. The average Bonchev–Trinajstić information content (AvgIpc) is 2.70. The van der Waals surface area contributed by atoms with Gasteiger partial charge in [-0.1, -0.05) is 41.4 Å². The first-order valence-electron chi connectivity index (χ1n) is 9.53. The van der Waals surface area contributed by atoms with Crippen LogP contribution < -0.4 is 0 Å². The SMILES string of the molecule is C[C@H]1CN(S(=O)(=O)c2cccc(C(=O)N(C)Cc3cccc(Cl)c3Cl)c2)C[C@H](C)O1. The number of nitrogens with zero attached hydrogens (tertiary/aromatic N) is 2. The Morgan fingerprint density at radius 2 is 1.77 bits per heavy atom. The molecule has 9 heteroatoms. The number of carbonyl (C=O) groups is 1. The van der Waals surface area contributed by atoms with Gasteiger partial charge in [-0.3, -0.25) is 4.79 Å². The van der Waals surface area contributed by atoms with Gasteiger partial charge in [0, 0.05) is 32.2 Å². The second kappa shape index (κ2) is 9.24. The lowest BCUT2D eigenvalue weighted by molar-refractivity contribution is -0.0440. The van der Waals surface area contributed by atoms with E-state index in [0.29, 0.717) is 15.6 Å². The summed E-state index contributed by atoms with van der Waals surface area (Å²) in [6, 6.07) is 11.3. The number of sulfonamides is 1. The van der Waals surface area contributed by atoms with Crippen molar-refractivity contribution in [2.24, 2.45) is 0 Å². The van der Waals surface area contributed by atoms with Crippen molar-refractivity contribution in [2.45, 2.75) is 37.5 Å². The van der Waals surface area contributed by atoms with Crippen LogP contribution in [0.5, 0.6) is 0 Å². The summed E-state index contributed by atoms with van der Waals surface area (Å²) in [4.78, 5) is 14.5. The van der Waals surface area contributed by atoms with E-state index in [0.717, 1.165) is 0 Å². The average molecular weight is 471 g/mol. The third-order valence-corrected chi connectivity index (χ3v) is 7.58. The van der Waals surface area contributed by atoms with Crippen LogP contribution in [0.4, 0.5) is 0 Å². The van der Waals surface area contributed by atoms with Gasteiger partial charge in [0.15, 0.2) is 0 Å². The molecule has 0 bridgehead atoms. The van der Waals surface area contributed by atoms with Crippen molar-refractivity contribution in [3.63, 3.8) is 0 Å². The van der Waals surface area contributed by atoms with Crippen molar-refractivity contribution < 1.29 is 17.9 Å². The summed E-state index contributed by atoms with van der Waals surface area (Å²) in [6.07, 6.45) is -0.385. The van der Waals surface area contributed by atoms with Gasteiger partial charge in [-0.2, -0.15) is 4.31 Å². The third kappa shape index (κ3) is 4.98. The molecular formula is C21H24Cl2N2O4S. The summed E-state index contributed by atoms with van der Waals surface area (Å²) in [5.41, 5.74) is 0.992. The van der Waals surface area contributed by atoms with E-state index in [1.165, 1.54) is 21.3 Å². The maximum atomic E-state index is 13.1. The van der Waals surface area contributed by atoms with Crippen LogP contribution in [0, 0.1) is 0 Å². The van der Waals surface area contributed by atoms with Gasteiger partial charge >= 0.3 is 0 Å². The van der Waals surface area contributed by atoms with E-state index in [4.69, 9.17) is 27.9 Å². The molecule has 0 radical (unpaired) electrons. The number of hydrogen-bond acceptors (Lipinski definition) is 4. The Bertz CT molecular complexity index is 1040. The topological polar surface area (TPSA) is 66.9 Å². The van der Waals surface area contributed by atoms with Gasteiger partial charge < -0.3 is 9.64 Å². The first-order valence-corrected chi connectivity index (χ1v) is 11.7. The standard InChI is InChI=1S/C21H24Cl2N2O4S/c1-14-11-25(12-15(2)29-14)30(27,28)18-8-4-6-16(10-18)21(26)24(3)13-17-7-5-9-19(22)20(17)23/h4-10,14-15H,11-13H2,1-3H3/t14-,15-/m0/s1. The van der Waals surface area contributed by atoms with Crippen LogP contribution in [0.3, 0.4) is 0 Å². The van der Waals surface area contributed by atoms with Crippen LogP contribution >= 0.6 is 23.2 Å². The fraction of sp³-hybridized carbons (Fsp3) is 0.381. The van der Waals surface area contributed by atoms with Crippen LogP contribution in [0.25, 0.3) is 0 Å². The number of morpholine rings is 1. The molecule has 2 aromatic carbocycles. The molecule has 2 atom stereocenters. The van der Waals surface area contributed by atoms with E-state index in [1.54, 1.807) is 37.4 Å². The highest BCUT2D eigenvalue weighted by molar-refractivity contribution is 7.89. The molecule has 0 saturated carbocycles. The monoisotopic (exact) mass is 470 g/mol. The number of ether oxygens (including phenoxy) is 1. The number of hydrogen-bond donors (Lipinski definition) is 0. The van der Waals surface area contributed by atoms with Crippen LogP contribution in [0.2, 0.25) is 10.0 Å². The summed E-state index contributed by atoms with van der Waals surface area (Å²) in [7, 11) is -2.11. The molecule has 0 aliphatic carbocycles. The Kier molecular flexibility index (Phi) is 7.09. The summed E-state index contributed by atoms with van der Waals surface area (Å²) < 4.78 is 33.3. The molecule has 1 fully saturated rings. The largest absolute Gasteiger partial charge is 0.373 e. The summed E-state index contributed by atoms with van der Waals surface area (Å²) in [5, 5.41) is 0.808. The predicted octanol–water partition coefficient (Wildman–Crippen LogP) is 4.06. The quantitative estimate of drug-likeness (QED) is 0.660. The molecule has 0 spiro atoms. The van der Waals surface area contributed by atoms with Crippen molar-refractivity contribution in [2.75, 3.05) is 20.1 Å². The predicted molar refractivity (Wildman–Crippen MR) is 117 cm³/mol. The van der Waals surface area contributed by atoms with Gasteiger partial charge in [0.1, 0.15) is 0 Å². The van der Waals surface area contributed by atoms with Gasteiger partial charge in [-0.05, 0) is 43.7 Å². The van der Waals surface area contributed by atoms with Crippen molar-refractivity contribution in [3.8, 4) is 0 Å². The Morgan fingerprint density at radius 3 is 2.43 bits per heavy atom. The number of rotatable bonds is 5. The maximum absolute atomic E-state index is 13.1. The van der Waals surface area contributed by atoms with Gasteiger partial charge in [0.25, 0.3) is 5.91 Å². The first kappa shape index (κ1) is 23.0. The smallest absolute Gasteiger partial charge is 0.253 e. The molecule has 0 aromatic heterocycles. The van der Waals surface area contributed by atoms with Crippen molar-refractivity contribution in [3.05, 3.63) is 63.6 Å². The fourth-order valence-corrected chi connectivity index (χ4v) is 5.50. The molecule has 1 aliphatic heterocycles. The van der Waals surface area contributed by atoms with E-state index < -0.39 is 10.0 Å². The van der Waals surface area contributed by atoms with Crippen LogP contribution in [0.1, 0.15) is 29.8 Å². The lowest BCUT2D eigenvalue weighted by Gasteiger charge is -2.34. The number of halogens is 2. The van der Waals surface area contributed by atoms with Crippen molar-refractivity contribution in [1.82, 2.24) is 9.21 Å². The van der Waals surface area contributed by atoms with Crippen molar-refractivity contribution in [1.29, 1.82) is 0 Å². The lowest BCUT2D eigenvalue weighted by atomic mass is 10.1. The number of amides is 1. The molecule has 1 aliphatic rings. The molecule has 1 amide bonds. The Balaban J connectivity index is 1.82. The zero-order valence-corrected chi connectivity index (χ0v) is 19.3. The van der Waals surface area contributed by atoms with Gasteiger partial charge in [0.05, 0.1) is 27.1 Å². The third-order valence-electron chi connectivity index (χ3n) is 4.89. The van der Waals surface area contributed by atoms with E-state index >= 15 is 0 Å². The Labute approximate surface area is 187 Å². The van der Waals surface area contributed by atoms with Crippen LogP contribution in [-0.4, -0.2) is 55.9 Å². The zero-order chi connectivity index (χ0) is 22.1. The number of benzene rings is 2. The highest BCUT2D eigenvalue weighted by Crippen LogP contribution is 2.27. The number of carbonyl (C=O) groups excluding carboxylic acids is 1. The molecule has 30 heavy (non-hydrogen) atoms. The molecule has 0 unspecified atom stereocenters. The maximum Gasteiger partial charge on any atom is 0.253 e.